The van der Waals surface area contributed by atoms with Crippen molar-refractivity contribution in [3.63, 3.8) is 0 Å². The molecule has 2 aromatic heterocycles. The molecule has 0 aromatic carbocycles. The van der Waals surface area contributed by atoms with Crippen molar-refractivity contribution in [2.75, 3.05) is 6.61 Å². The van der Waals surface area contributed by atoms with Gasteiger partial charge in [-0.15, -0.1) is 0 Å². The number of nitrogens with zero attached hydrogens (tertiary/aromatic N) is 1. The van der Waals surface area contributed by atoms with Gasteiger partial charge in [0.15, 0.2) is 0 Å². The number of hydrogen-bond donors (Lipinski definition) is 2. The van der Waals surface area contributed by atoms with Crippen LogP contribution in [0.3, 0.4) is 0 Å². The van der Waals surface area contributed by atoms with Crippen LogP contribution in [0.15, 0.2) is 24.5 Å². The fourth-order valence-electron chi connectivity index (χ4n) is 1.14. The predicted octanol–water partition coefficient (Wildman–Crippen LogP) is 0.907. The van der Waals surface area contributed by atoms with Gasteiger partial charge in [0.05, 0.1) is 11.0 Å². The summed E-state index contributed by atoms with van der Waals surface area (Å²) in [6.45, 7) is -0.122. The Morgan fingerprint density at radius 2 is 2.46 bits per heavy atom. The average Bonchev–Trinajstić information content (AvgIpc) is 2.61. The topological polar surface area (TPSA) is 48.9 Å². The van der Waals surface area contributed by atoms with Gasteiger partial charge in [0, 0.05) is 18.0 Å². The summed E-state index contributed by atoms with van der Waals surface area (Å²) in [5, 5.41) is 8.50. The van der Waals surface area contributed by atoms with Crippen LogP contribution in [-0.2, 0) is 0 Å². The highest BCUT2D eigenvalue weighted by molar-refractivity contribution is 5.75. The Labute approximate surface area is 75.4 Å². The lowest BCUT2D eigenvalue weighted by Gasteiger charge is -1.90. The summed E-state index contributed by atoms with van der Waals surface area (Å²) in [6, 6.07) is 3.81. The van der Waals surface area contributed by atoms with Crippen molar-refractivity contribution < 1.29 is 5.11 Å². The smallest absolute Gasteiger partial charge is 0.104 e. The lowest BCUT2D eigenvalue weighted by atomic mass is 10.2. The van der Waals surface area contributed by atoms with E-state index in [0.717, 1.165) is 16.6 Å². The molecule has 0 atom stereocenters. The van der Waals surface area contributed by atoms with E-state index in [0.29, 0.717) is 0 Å². The number of aromatic amines is 1. The van der Waals surface area contributed by atoms with Gasteiger partial charge >= 0.3 is 0 Å². The predicted molar refractivity (Wildman–Crippen MR) is 50.1 cm³/mol. The van der Waals surface area contributed by atoms with Crippen molar-refractivity contribution in [1.82, 2.24) is 9.97 Å². The Balaban J connectivity index is 2.48. The zero-order chi connectivity index (χ0) is 9.10. The summed E-state index contributed by atoms with van der Waals surface area (Å²) in [7, 11) is 0. The van der Waals surface area contributed by atoms with Crippen molar-refractivity contribution >= 4 is 11.0 Å². The molecule has 2 rings (SSSR count). The van der Waals surface area contributed by atoms with Crippen molar-refractivity contribution in [3.05, 3.63) is 30.1 Å². The molecule has 0 aliphatic rings. The molecule has 13 heavy (non-hydrogen) atoms. The molecule has 0 fully saturated rings. The first kappa shape index (κ1) is 7.84. The Morgan fingerprint density at radius 1 is 1.54 bits per heavy atom. The molecule has 0 radical (unpaired) electrons. The molecule has 3 heteroatoms. The minimum absolute atomic E-state index is 0.122. The van der Waals surface area contributed by atoms with Gasteiger partial charge in [-0.3, -0.25) is 4.98 Å². The summed E-state index contributed by atoms with van der Waals surface area (Å²) in [4.78, 5) is 7.22. The van der Waals surface area contributed by atoms with Gasteiger partial charge in [0.1, 0.15) is 6.61 Å². The molecule has 2 aromatic rings. The molecular weight excluding hydrogens is 164 g/mol. The highest BCUT2D eigenvalue weighted by Crippen LogP contribution is 2.09. The van der Waals surface area contributed by atoms with Gasteiger partial charge in [-0.1, -0.05) is 11.8 Å². The fourth-order valence-corrected chi connectivity index (χ4v) is 1.14. The van der Waals surface area contributed by atoms with Crippen LogP contribution in [0.4, 0.5) is 0 Å². The van der Waals surface area contributed by atoms with Gasteiger partial charge in [-0.25, -0.2) is 0 Å². The van der Waals surface area contributed by atoms with E-state index >= 15 is 0 Å². The van der Waals surface area contributed by atoms with Crippen molar-refractivity contribution in [3.8, 4) is 11.8 Å². The Morgan fingerprint density at radius 3 is 3.31 bits per heavy atom. The van der Waals surface area contributed by atoms with Crippen LogP contribution < -0.4 is 0 Å². The lowest BCUT2D eigenvalue weighted by Crippen LogP contribution is -1.80. The van der Waals surface area contributed by atoms with Crippen LogP contribution in [0.25, 0.3) is 11.0 Å². The number of H-pyrrole nitrogens is 1. The summed E-state index contributed by atoms with van der Waals surface area (Å²) >= 11 is 0. The van der Waals surface area contributed by atoms with Crippen LogP contribution in [0, 0.1) is 11.8 Å². The molecule has 0 aliphatic carbocycles. The molecule has 3 nitrogen and oxygen atoms in total. The number of rotatable bonds is 0. The number of pyridine rings is 1. The summed E-state index contributed by atoms with van der Waals surface area (Å²) in [6.07, 6.45) is 3.53. The van der Waals surface area contributed by atoms with E-state index in [1.165, 1.54) is 0 Å². The Bertz CT molecular complexity index is 476. The second-order valence-electron chi connectivity index (χ2n) is 2.59. The molecule has 0 saturated carbocycles. The first-order chi connectivity index (χ1) is 6.40. The third-order valence-electron chi connectivity index (χ3n) is 1.71. The standard InChI is InChI=1S/C10H8N2O/c13-5-1-2-8-6-10-9(12-7-8)3-4-11-10/h3-4,6-7,11,13H,5H2. The maximum atomic E-state index is 8.50. The summed E-state index contributed by atoms with van der Waals surface area (Å²) < 4.78 is 0. The van der Waals surface area contributed by atoms with Crippen LogP contribution in [0.5, 0.6) is 0 Å². The van der Waals surface area contributed by atoms with Crippen molar-refractivity contribution in [2.45, 2.75) is 0 Å². The normalized spacial score (nSPS) is 9.62. The van der Waals surface area contributed by atoms with E-state index < -0.39 is 0 Å². The molecule has 0 amide bonds. The number of aromatic nitrogens is 2. The molecule has 2 N–H and O–H groups in total. The average molecular weight is 172 g/mol. The van der Waals surface area contributed by atoms with Gasteiger partial charge < -0.3 is 10.1 Å². The van der Waals surface area contributed by atoms with Gasteiger partial charge in [-0.05, 0) is 12.1 Å². The number of nitrogens with one attached hydrogen (secondary N) is 1. The second-order valence-corrected chi connectivity index (χ2v) is 2.59. The van der Waals surface area contributed by atoms with Crippen molar-refractivity contribution in [1.29, 1.82) is 0 Å². The zero-order valence-electron chi connectivity index (χ0n) is 6.91. The number of aliphatic hydroxyl groups is 1. The van der Waals surface area contributed by atoms with E-state index in [1.807, 2.05) is 18.3 Å². The van der Waals surface area contributed by atoms with Crippen LogP contribution in [0.1, 0.15) is 5.56 Å². The Kier molecular flexibility index (Phi) is 1.99. The SMILES string of the molecule is OCC#Cc1cnc2cc[nH]c2c1. The fraction of sp³-hybridized carbons (Fsp3) is 0.100. The molecule has 0 bridgehead atoms. The lowest BCUT2D eigenvalue weighted by molar-refractivity contribution is 0.350. The zero-order valence-corrected chi connectivity index (χ0v) is 6.91. The molecule has 0 aliphatic heterocycles. The maximum absolute atomic E-state index is 8.50. The third kappa shape index (κ3) is 1.53. The van der Waals surface area contributed by atoms with Gasteiger partial charge in [0.2, 0.25) is 0 Å². The third-order valence-corrected chi connectivity index (χ3v) is 1.71. The quantitative estimate of drug-likeness (QED) is 0.580. The second kappa shape index (κ2) is 3.30. The van der Waals surface area contributed by atoms with E-state index in [4.69, 9.17) is 5.11 Å². The summed E-state index contributed by atoms with van der Waals surface area (Å²) in [5.74, 6) is 5.37. The number of aliphatic hydroxyl groups excluding tert-OH is 1. The summed E-state index contributed by atoms with van der Waals surface area (Å²) in [5.41, 5.74) is 2.70. The van der Waals surface area contributed by atoms with Crippen molar-refractivity contribution in [2.24, 2.45) is 0 Å². The molecule has 0 saturated heterocycles. The number of fused-ring (bicyclic) bond motifs is 1. The molecule has 2 heterocycles. The van der Waals surface area contributed by atoms with E-state index in [1.54, 1.807) is 6.20 Å². The monoisotopic (exact) mass is 172 g/mol. The van der Waals surface area contributed by atoms with E-state index in [-0.39, 0.29) is 6.61 Å². The van der Waals surface area contributed by atoms with Gasteiger partial charge in [0.25, 0.3) is 0 Å². The van der Waals surface area contributed by atoms with E-state index in [2.05, 4.69) is 21.8 Å². The highest BCUT2D eigenvalue weighted by atomic mass is 16.2. The molecular formula is C10H8N2O. The highest BCUT2D eigenvalue weighted by Gasteiger charge is 1.94. The number of hydrogen-bond acceptors (Lipinski definition) is 2. The van der Waals surface area contributed by atoms with Crippen LogP contribution >= 0.6 is 0 Å². The van der Waals surface area contributed by atoms with E-state index in [9.17, 15) is 0 Å². The minimum Gasteiger partial charge on any atom is -0.384 e. The first-order valence-corrected chi connectivity index (χ1v) is 3.93. The maximum Gasteiger partial charge on any atom is 0.104 e. The van der Waals surface area contributed by atoms with Gasteiger partial charge in [-0.2, -0.15) is 0 Å². The molecule has 0 spiro atoms. The van der Waals surface area contributed by atoms with Crippen LogP contribution in [0.2, 0.25) is 0 Å². The van der Waals surface area contributed by atoms with Crippen LogP contribution in [-0.4, -0.2) is 21.7 Å². The molecule has 0 unspecified atom stereocenters. The first-order valence-electron chi connectivity index (χ1n) is 3.93. The molecule has 64 valence electrons. The Hall–Kier alpha value is -1.79. The largest absolute Gasteiger partial charge is 0.384 e. The minimum atomic E-state index is -0.122.